The van der Waals surface area contributed by atoms with Gasteiger partial charge in [-0.1, -0.05) is 0 Å². The Morgan fingerprint density at radius 3 is 1.42 bits per heavy atom. The van der Waals surface area contributed by atoms with E-state index in [4.69, 9.17) is 0 Å². The Kier molecular flexibility index (Phi) is 6.17. The molecule has 26 heavy (non-hydrogen) atoms. The molecule has 10 nitrogen and oxygen atoms in total. The molecule has 5 atom stereocenters. The molecule has 3 fully saturated rings. The number of nitrogens with zero attached hydrogens (tertiary/aromatic N) is 2. The highest BCUT2D eigenvalue weighted by Crippen LogP contribution is 2.44. The number of carbonyl (C=O) groups excluding carboxylic acids is 3. The third kappa shape index (κ3) is 4.48. The minimum Gasteiger partial charge on any atom is -0.355 e. The molecule has 146 valence electrons. The van der Waals surface area contributed by atoms with Gasteiger partial charge in [-0.15, -0.1) is 0 Å². The second kappa shape index (κ2) is 7.98. The Balaban J connectivity index is 2.28. The van der Waals surface area contributed by atoms with Gasteiger partial charge in [0, 0.05) is 82.7 Å². The van der Waals surface area contributed by atoms with E-state index in [1.165, 1.54) is 20.8 Å². The van der Waals surface area contributed by atoms with Crippen molar-refractivity contribution in [3.05, 3.63) is 10.1 Å². The first kappa shape index (κ1) is 20.1. The summed E-state index contributed by atoms with van der Waals surface area (Å²) in [7, 11) is 0. The Morgan fingerprint density at radius 2 is 1.19 bits per heavy atom. The molecular weight excluding hydrogens is 342 g/mol. The summed E-state index contributed by atoms with van der Waals surface area (Å²) in [5.41, 5.74) is -1.11. The molecule has 0 aromatic rings. The Morgan fingerprint density at radius 1 is 0.885 bits per heavy atom. The van der Waals surface area contributed by atoms with Crippen LogP contribution in [0.15, 0.2) is 0 Å². The molecule has 3 N–H and O–H groups in total. The fraction of sp³-hybridized carbons (Fsp3) is 0.812. The number of nitro groups is 1. The molecule has 0 spiro atoms. The molecular formula is C16H27N5O5. The van der Waals surface area contributed by atoms with Gasteiger partial charge in [0.05, 0.1) is 0 Å². The van der Waals surface area contributed by atoms with Crippen LogP contribution in [0, 0.1) is 10.1 Å². The maximum Gasteiger partial charge on any atom is 0.227 e. The lowest BCUT2D eigenvalue weighted by Gasteiger charge is -2.56. The standard InChI is InChI=1S/C16H27N5O5/c1-10(22)17-7-13-4-16(21(25)26)5-14(8-18-11(2)23)20(13)15(6-16)9-19-12(3)24/h13-15H,4-9H2,1-3H3,(H,17,22)(H,18,23)(H,19,24)/t13-,14+,15?,16?. The van der Waals surface area contributed by atoms with E-state index in [0.29, 0.717) is 38.9 Å². The lowest BCUT2D eigenvalue weighted by molar-refractivity contribution is -0.588. The van der Waals surface area contributed by atoms with Gasteiger partial charge in [0.1, 0.15) is 0 Å². The van der Waals surface area contributed by atoms with Gasteiger partial charge in [-0.2, -0.15) is 0 Å². The number of hydrogen-bond acceptors (Lipinski definition) is 6. The normalized spacial score (nSPS) is 32.6. The topological polar surface area (TPSA) is 134 Å². The van der Waals surface area contributed by atoms with Gasteiger partial charge in [-0.3, -0.25) is 29.4 Å². The van der Waals surface area contributed by atoms with Crippen LogP contribution in [0.5, 0.6) is 0 Å². The lowest BCUT2D eigenvalue weighted by atomic mass is 9.69. The molecule has 10 heteroatoms. The highest BCUT2D eigenvalue weighted by atomic mass is 16.6. The van der Waals surface area contributed by atoms with Crippen molar-refractivity contribution in [1.82, 2.24) is 20.9 Å². The average Bonchev–Trinajstić information content (AvgIpc) is 2.56. The van der Waals surface area contributed by atoms with Gasteiger partial charge >= 0.3 is 0 Å². The smallest absolute Gasteiger partial charge is 0.227 e. The van der Waals surface area contributed by atoms with Crippen LogP contribution in [0.2, 0.25) is 0 Å². The predicted octanol–water partition coefficient (Wildman–Crippen LogP) is -0.984. The zero-order valence-electron chi connectivity index (χ0n) is 15.4. The number of amides is 3. The number of piperidine rings is 3. The molecule has 3 unspecified atom stereocenters. The molecule has 0 aliphatic carbocycles. The van der Waals surface area contributed by atoms with Crippen LogP contribution in [0.4, 0.5) is 0 Å². The van der Waals surface area contributed by atoms with Crippen molar-refractivity contribution < 1.29 is 19.3 Å². The molecule has 0 saturated carbocycles. The van der Waals surface area contributed by atoms with E-state index in [-0.39, 0.29) is 40.8 Å². The van der Waals surface area contributed by atoms with Crippen LogP contribution in [-0.2, 0) is 14.4 Å². The Bertz CT molecular complexity index is 526. The van der Waals surface area contributed by atoms with Crippen LogP contribution in [0.3, 0.4) is 0 Å². The van der Waals surface area contributed by atoms with Crippen LogP contribution in [0.1, 0.15) is 40.0 Å². The van der Waals surface area contributed by atoms with Crippen molar-refractivity contribution in [2.24, 2.45) is 0 Å². The quantitative estimate of drug-likeness (QED) is 0.390. The zero-order chi connectivity index (χ0) is 19.5. The molecule has 3 saturated heterocycles. The predicted molar refractivity (Wildman–Crippen MR) is 92.8 cm³/mol. The van der Waals surface area contributed by atoms with Gasteiger partial charge in [0.2, 0.25) is 23.3 Å². The maximum absolute atomic E-state index is 11.9. The van der Waals surface area contributed by atoms with Crippen molar-refractivity contribution in [3.63, 3.8) is 0 Å². The number of carbonyl (C=O) groups is 3. The summed E-state index contributed by atoms with van der Waals surface area (Å²) in [5.74, 6) is -0.584. The molecule has 3 rings (SSSR count). The lowest BCUT2D eigenvalue weighted by Crippen LogP contribution is -2.73. The fourth-order valence-electron chi connectivity index (χ4n) is 4.32. The van der Waals surface area contributed by atoms with Crippen LogP contribution in [-0.4, -0.2) is 70.8 Å². The van der Waals surface area contributed by atoms with Gasteiger partial charge in [0.15, 0.2) is 0 Å². The number of nitrogens with one attached hydrogen (secondary N) is 3. The minimum atomic E-state index is -1.11. The number of hydrogen-bond donors (Lipinski definition) is 3. The van der Waals surface area contributed by atoms with Crippen LogP contribution >= 0.6 is 0 Å². The van der Waals surface area contributed by atoms with E-state index in [9.17, 15) is 24.5 Å². The molecule has 0 aromatic carbocycles. The van der Waals surface area contributed by atoms with Gasteiger partial charge < -0.3 is 16.0 Å². The van der Waals surface area contributed by atoms with Crippen molar-refractivity contribution in [1.29, 1.82) is 0 Å². The highest BCUT2D eigenvalue weighted by molar-refractivity contribution is 5.73. The van der Waals surface area contributed by atoms with E-state index in [2.05, 4.69) is 20.9 Å². The molecule has 3 amide bonds. The van der Waals surface area contributed by atoms with Gasteiger partial charge in [0.25, 0.3) is 0 Å². The first-order valence-electron chi connectivity index (χ1n) is 8.80. The second-order valence-corrected chi connectivity index (χ2v) is 7.31. The second-order valence-electron chi connectivity index (χ2n) is 7.31. The van der Waals surface area contributed by atoms with E-state index in [1.54, 1.807) is 0 Å². The Labute approximate surface area is 152 Å². The molecule has 0 aromatic heterocycles. The molecule has 3 heterocycles. The number of fused-ring (bicyclic) bond motifs is 3. The van der Waals surface area contributed by atoms with E-state index in [1.807, 2.05) is 0 Å². The minimum absolute atomic E-state index is 0.195. The third-order valence-electron chi connectivity index (χ3n) is 5.26. The van der Waals surface area contributed by atoms with Crippen molar-refractivity contribution in [2.45, 2.75) is 63.7 Å². The molecule has 2 bridgehead atoms. The van der Waals surface area contributed by atoms with Crippen molar-refractivity contribution in [2.75, 3.05) is 19.6 Å². The molecule has 0 radical (unpaired) electrons. The van der Waals surface area contributed by atoms with Crippen molar-refractivity contribution in [3.8, 4) is 0 Å². The summed E-state index contributed by atoms with van der Waals surface area (Å²) >= 11 is 0. The summed E-state index contributed by atoms with van der Waals surface area (Å²) in [6.07, 6.45) is 1.02. The summed E-state index contributed by atoms with van der Waals surface area (Å²) < 4.78 is 0. The van der Waals surface area contributed by atoms with E-state index >= 15 is 0 Å². The summed E-state index contributed by atoms with van der Waals surface area (Å²) in [5, 5.41) is 20.2. The first-order chi connectivity index (χ1) is 12.1. The maximum atomic E-state index is 11.9. The van der Waals surface area contributed by atoms with Crippen LogP contribution in [0.25, 0.3) is 0 Å². The van der Waals surface area contributed by atoms with Gasteiger partial charge in [-0.25, -0.2) is 0 Å². The van der Waals surface area contributed by atoms with Crippen LogP contribution < -0.4 is 16.0 Å². The summed E-state index contributed by atoms with van der Waals surface area (Å²) in [6, 6.07) is -0.655. The van der Waals surface area contributed by atoms with E-state index < -0.39 is 5.54 Å². The molecule has 3 aliphatic rings. The Hall–Kier alpha value is -2.23. The largest absolute Gasteiger partial charge is 0.355 e. The molecule has 3 aliphatic heterocycles. The SMILES string of the molecule is CC(=O)NCC1CC2([N+](=O)[O-])C[C@@H](CNC(C)=O)N1[C@@H](CNC(C)=O)C2. The first-order valence-corrected chi connectivity index (χ1v) is 8.80. The number of rotatable bonds is 7. The zero-order valence-corrected chi connectivity index (χ0v) is 15.4. The highest BCUT2D eigenvalue weighted by Gasteiger charge is 2.60. The van der Waals surface area contributed by atoms with E-state index in [0.717, 1.165) is 0 Å². The third-order valence-corrected chi connectivity index (χ3v) is 5.26. The van der Waals surface area contributed by atoms with Crippen molar-refractivity contribution >= 4 is 17.7 Å². The fourth-order valence-corrected chi connectivity index (χ4v) is 4.32. The summed E-state index contributed by atoms with van der Waals surface area (Å²) in [4.78, 5) is 47.8. The average molecular weight is 369 g/mol. The van der Waals surface area contributed by atoms with Gasteiger partial charge in [-0.05, 0) is 0 Å². The monoisotopic (exact) mass is 369 g/mol. The summed E-state index contributed by atoms with van der Waals surface area (Å²) in [6.45, 7) is 5.13.